The van der Waals surface area contributed by atoms with Crippen molar-refractivity contribution in [1.82, 2.24) is 0 Å². The van der Waals surface area contributed by atoms with Gasteiger partial charge in [0.2, 0.25) is 0 Å². The Kier molecular flexibility index (Phi) is 3.30. The largest absolute Gasteiger partial charge is 0.390 e. The molecule has 6 heteroatoms. The third kappa shape index (κ3) is 1.72. The van der Waals surface area contributed by atoms with Crippen LogP contribution in [0.3, 0.4) is 0 Å². The van der Waals surface area contributed by atoms with Gasteiger partial charge in [-0.25, -0.2) is 0 Å². The summed E-state index contributed by atoms with van der Waals surface area (Å²) in [6, 6.07) is 0. The van der Waals surface area contributed by atoms with E-state index in [1.165, 1.54) is 0 Å². The van der Waals surface area contributed by atoms with E-state index >= 15 is 0 Å². The van der Waals surface area contributed by atoms with E-state index < -0.39 is 29.7 Å². The molecule has 0 aromatic heterocycles. The van der Waals surface area contributed by atoms with Gasteiger partial charge >= 0.3 is 0 Å². The van der Waals surface area contributed by atoms with Crippen LogP contribution in [-0.4, -0.2) is 50.1 Å². The molecular formula is C6H11FO4S. The molecule has 0 amide bonds. The molecule has 0 aromatic carbocycles. The van der Waals surface area contributed by atoms with Crippen molar-refractivity contribution in [2.24, 2.45) is 0 Å². The van der Waals surface area contributed by atoms with E-state index in [0.29, 0.717) is 0 Å². The van der Waals surface area contributed by atoms with Crippen LogP contribution in [0.2, 0.25) is 0 Å². The van der Waals surface area contributed by atoms with Gasteiger partial charge < -0.3 is 20.4 Å². The van der Waals surface area contributed by atoms with Crippen LogP contribution in [0.1, 0.15) is 6.42 Å². The summed E-state index contributed by atoms with van der Waals surface area (Å²) in [7, 11) is 0. The Labute approximate surface area is 73.3 Å². The minimum absolute atomic E-state index is 0.0550. The summed E-state index contributed by atoms with van der Waals surface area (Å²) in [5.41, 5.74) is 0. The Morgan fingerprint density at radius 2 is 1.58 bits per heavy atom. The van der Waals surface area contributed by atoms with Crippen molar-refractivity contribution in [2.75, 3.05) is 0 Å². The van der Waals surface area contributed by atoms with Crippen LogP contribution in [0.15, 0.2) is 0 Å². The lowest BCUT2D eigenvalue weighted by atomic mass is 9.89. The van der Waals surface area contributed by atoms with E-state index in [1.54, 1.807) is 0 Å². The highest BCUT2D eigenvalue weighted by atomic mass is 32.2. The smallest absolute Gasteiger partial charge is 0.109 e. The number of aliphatic hydroxyl groups is 4. The lowest BCUT2D eigenvalue weighted by Gasteiger charge is -2.36. The Balaban J connectivity index is 2.63. The maximum Gasteiger partial charge on any atom is 0.109 e. The summed E-state index contributed by atoms with van der Waals surface area (Å²) < 4.78 is 12.1. The Morgan fingerprint density at radius 3 is 2.08 bits per heavy atom. The molecule has 72 valence electrons. The molecule has 1 saturated carbocycles. The summed E-state index contributed by atoms with van der Waals surface area (Å²) in [5.74, 6) is 0. The fourth-order valence-corrected chi connectivity index (χ4v) is 1.79. The zero-order valence-corrected chi connectivity index (χ0v) is 6.99. The standard InChI is InChI=1S/C6H11FO4S/c7-12-3-1-2(8)4(9)6(11)5(3)10/h2-6,8-11H,1H2/t2-,3?,4-,5-,6+/m1/s1. The third-order valence-electron chi connectivity index (χ3n) is 2.06. The van der Waals surface area contributed by atoms with E-state index in [2.05, 4.69) is 0 Å². The highest BCUT2D eigenvalue weighted by Crippen LogP contribution is 2.30. The first kappa shape index (κ1) is 10.2. The SMILES string of the molecule is O[C@H]1[C@H](O)[C@H](O)C(SF)C[C@H]1O. The molecule has 4 N–H and O–H groups in total. The van der Waals surface area contributed by atoms with Crippen molar-refractivity contribution in [1.29, 1.82) is 0 Å². The van der Waals surface area contributed by atoms with Crippen molar-refractivity contribution < 1.29 is 24.3 Å². The first-order valence-corrected chi connectivity index (χ1v) is 4.35. The van der Waals surface area contributed by atoms with Gasteiger partial charge in [0, 0.05) is 0 Å². The van der Waals surface area contributed by atoms with Crippen molar-refractivity contribution in [3.63, 3.8) is 0 Å². The molecular weight excluding hydrogens is 187 g/mol. The van der Waals surface area contributed by atoms with Gasteiger partial charge in [0.25, 0.3) is 0 Å². The van der Waals surface area contributed by atoms with Gasteiger partial charge in [-0.15, -0.1) is 0 Å². The molecule has 1 unspecified atom stereocenters. The minimum Gasteiger partial charge on any atom is -0.390 e. The average molecular weight is 198 g/mol. The highest BCUT2D eigenvalue weighted by Gasteiger charge is 2.42. The summed E-state index contributed by atoms with van der Waals surface area (Å²) in [6.45, 7) is 0. The van der Waals surface area contributed by atoms with Gasteiger partial charge in [0.05, 0.1) is 29.6 Å². The topological polar surface area (TPSA) is 80.9 Å². The predicted molar refractivity (Wildman–Crippen MR) is 41.1 cm³/mol. The fourth-order valence-electron chi connectivity index (χ4n) is 1.26. The molecule has 12 heavy (non-hydrogen) atoms. The molecule has 1 fully saturated rings. The van der Waals surface area contributed by atoms with Gasteiger partial charge in [-0.2, -0.15) is 3.89 Å². The van der Waals surface area contributed by atoms with E-state index in [0.717, 1.165) is 0 Å². The second-order valence-corrected chi connectivity index (χ2v) is 3.69. The Bertz CT molecular complexity index is 154. The predicted octanol–water partition coefficient (Wildman–Crippen LogP) is -1.18. The average Bonchev–Trinajstić information content (AvgIpc) is 2.08. The number of rotatable bonds is 1. The number of halogens is 1. The number of hydrogen-bond acceptors (Lipinski definition) is 5. The molecule has 1 aliphatic rings. The summed E-state index contributed by atoms with van der Waals surface area (Å²) in [4.78, 5) is 0. The monoisotopic (exact) mass is 198 g/mol. The van der Waals surface area contributed by atoms with E-state index in [-0.39, 0.29) is 18.6 Å². The molecule has 0 radical (unpaired) electrons. The zero-order valence-electron chi connectivity index (χ0n) is 6.17. The summed E-state index contributed by atoms with van der Waals surface area (Å²) in [5, 5.41) is 35.5. The first-order chi connectivity index (χ1) is 5.57. The molecule has 0 bridgehead atoms. The molecule has 4 nitrogen and oxygen atoms in total. The molecule has 0 aliphatic heterocycles. The molecule has 0 spiro atoms. The second kappa shape index (κ2) is 3.89. The van der Waals surface area contributed by atoms with Crippen molar-refractivity contribution in [3.8, 4) is 0 Å². The lowest BCUT2D eigenvalue weighted by molar-refractivity contribution is -0.132. The van der Waals surface area contributed by atoms with Crippen LogP contribution in [0.4, 0.5) is 3.89 Å². The van der Waals surface area contributed by atoms with E-state index in [1.807, 2.05) is 0 Å². The maximum atomic E-state index is 12.1. The van der Waals surface area contributed by atoms with Crippen LogP contribution in [0.5, 0.6) is 0 Å². The maximum absolute atomic E-state index is 12.1. The molecule has 1 aliphatic carbocycles. The van der Waals surface area contributed by atoms with Crippen LogP contribution in [0.25, 0.3) is 0 Å². The number of aliphatic hydroxyl groups excluding tert-OH is 4. The zero-order chi connectivity index (χ0) is 9.30. The molecule has 0 heterocycles. The number of hydrogen-bond donors (Lipinski definition) is 4. The first-order valence-electron chi connectivity index (χ1n) is 3.57. The van der Waals surface area contributed by atoms with Crippen LogP contribution in [0, 0.1) is 0 Å². The molecule has 1 rings (SSSR count). The van der Waals surface area contributed by atoms with Gasteiger partial charge in [-0.1, -0.05) is 0 Å². The second-order valence-electron chi connectivity index (χ2n) is 2.90. The van der Waals surface area contributed by atoms with Gasteiger partial charge in [-0.05, 0) is 6.42 Å². The van der Waals surface area contributed by atoms with Gasteiger partial charge in [0.15, 0.2) is 0 Å². The third-order valence-corrected chi connectivity index (χ3v) is 2.76. The van der Waals surface area contributed by atoms with Gasteiger partial charge in [0.1, 0.15) is 12.2 Å². The molecule has 5 atom stereocenters. The minimum atomic E-state index is -1.47. The summed E-state index contributed by atoms with van der Waals surface area (Å²) in [6.07, 6.45) is -5.40. The Hall–Kier alpha value is 0.120. The molecule has 0 aromatic rings. The van der Waals surface area contributed by atoms with Crippen LogP contribution >= 0.6 is 12.1 Å². The summed E-state index contributed by atoms with van der Waals surface area (Å²) >= 11 is -0.118. The highest BCUT2D eigenvalue weighted by molar-refractivity contribution is 7.95. The van der Waals surface area contributed by atoms with E-state index in [4.69, 9.17) is 20.4 Å². The normalized spacial score (nSPS) is 49.2. The van der Waals surface area contributed by atoms with Crippen molar-refractivity contribution in [3.05, 3.63) is 0 Å². The van der Waals surface area contributed by atoms with E-state index in [9.17, 15) is 3.89 Å². The van der Waals surface area contributed by atoms with Gasteiger partial charge in [-0.3, -0.25) is 0 Å². The molecule has 0 saturated heterocycles. The fraction of sp³-hybridized carbons (Fsp3) is 1.00. The lowest BCUT2D eigenvalue weighted by Crippen LogP contribution is -2.54. The Morgan fingerprint density at radius 1 is 1.00 bits per heavy atom. The van der Waals surface area contributed by atoms with Crippen molar-refractivity contribution >= 4 is 12.1 Å². The van der Waals surface area contributed by atoms with Crippen LogP contribution < -0.4 is 0 Å². The van der Waals surface area contributed by atoms with Crippen LogP contribution in [-0.2, 0) is 0 Å². The van der Waals surface area contributed by atoms with Crippen molar-refractivity contribution in [2.45, 2.75) is 36.1 Å². The quantitative estimate of drug-likeness (QED) is 0.426.